The number of rotatable bonds is 13. The first-order chi connectivity index (χ1) is 23.5. The minimum absolute atomic E-state index is 0.000168. The summed E-state index contributed by atoms with van der Waals surface area (Å²) in [5.74, 6) is -1.03. The molecule has 0 heterocycles. The number of anilines is 1. The van der Waals surface area contributed by atoms with Gasteiger partial charge in [0.15, 0.2) is 0 Å². The first-order valence-electron chi connectivity index (χ1n) is 17.1. The molecule has 1 N–H and O–H groups in total. The number of nitrogens with zero attached hydrogens (tertiary/aromatic N) is 2. The highest BCUT2D eigenvalue weighted by Crippen LogP contribution is 2.28. The van der Waals surface area contributed by atoms with Crippen molar-refractivity contribution in [3.63, 3.8) is 0 Å². The molecule has 0 aliphatic heterocycles. The van der Waals surface area contributed by atoms with Crippen molar-refractivity contribution in [3.05, 3.63) is 131 Å². The lowest BCUT2D eigenvalue weighted by Gasteiger charge is -2.35. The number of hydrogen-bond donors (Lipinski definition) is 1. The average molecular weight is 684 g/mol. The molecule has 1 aliphatic rings. The second-order valence-corrected chi connectivity index (χ2v) is 15.1. The molecule has 0 aromatic heterocycles. The number of halogens is 1. The molecule has 0 spiro atoms. The van der Waals surface area contributed by atoms with Gasteiger partial charge in [-0.05, 0) is 78.8 Å². The van der Waals surface area contributed by atoms with Crippen LogP contribution in [0, 0.1) is 12.7 Å². The highest BCUT2D eigenvalue weighted by atomic mass is 32.2. The zero-order valence-corrected chi connectivity index (χ0v) is 29.3. The summed E-state index contributed by atoms with van der Waals surface area (Å²) in [6.07, 6.45) is 5.12. The molecule has 9 heteroatoms. The Kier molecular flexibility index (Phi) is 11.9. The van der Waals surface area contributed by atoms with Crippen LogP contribution in [0.2, 0.25) is 0 Å². The van der Waals surface area contributed by atoms with Crippen LogP contribution in [0.5, 0.6) is 0 Å². The molecule has 49 heavy (non-hydrogen) atoms. The van der Waals surface area contributed by atoms with Gasteiger partial charge < -0.3 is 10.2 Å². The van der Waals surface area contributed by atoms with E-state index in [9.17, 15) is 22.4 Å². The lowest BCUT2D eigenvalue weighted by atomic mass is 9.94. The molecule has 1 saturated carbocycles. The molecular weight excluding hydrogens is 638 g/mol. The van der Waals surface area contributed by atoms with Gasteiger partial charge in [0.25, 0.3) is 10.0 Å². The molecule has 1 fully saturated rings. The van der Waals surface area contributed by atoms with Gasteiger partial charge in [-0.1, -0.05) is 105 Å². The molecule has 2 amide bonds. The molecular formula is C40H46FN3O4S. The van der Waals surface area contributed by atoms with Crippen LogP contribution in [-0.2, 0) is 32.6 Å². The molecule has 258 valence electrons. The van der Waals surface area contributed by atoms with Crippen LogP contribution in [-0.4, -0.2) is 43.8 Å². The fraction of sp³-hybridized carbons (Fsp3) is 0.350. The third kappa shape index (κ3) is 9.35. The fourth-order valence-electron chi connectivity index (χ4n) is 6.28. The molecule has 7 nitrogen and oxygen atoms in total. The van der Waals surface area contributed by atoms with Crippen LogP contribution < -0.4 is 9.62 Å². The smallest absolute Gasteiger partial charge is 0.264 e. The first-order valence-corrected chi connectivity index (χ1v) is 18.5. The monoisotopic (exact) mass is 683 g/mol. The van der Waals surface area contributed by atoms with Crippen LogP contribution in [0.3, 0.4) is 0 Å². The number of amides is 2. The maximum atomic E-state index is 14.7. The zero-order valence-electron chi connectivity index (χ0n) is 28.5. The van der Waals surface area contributed by atoms with Crippen molar-refractivity contribution in [3.8, 4) is 0 Å². The number of carbonyl (C=O) groups excluding carboxylic acids is 2. The van der Waals surface area contributed by atoms with Gasteiger partial charge in [-0.3, -0.25) is 13.9 Å². The predicted octanol–water partition coefficient (Wildman–Crippen LogP) is 7.54. The maximum absolute atomic E-state index is 14.7. The average Bonchev–Trinajstić information content (AvgIpc) is 3.10. The molecule has 4 aromatic carbocycles. The van der Waals surface area contributed by atoms with Gasteiger partial charge in [-0.25, -0.2) is 12.8 Å². The van der Waals surface area contributed by atoms with Crippen LogP contribution in [0.15, 0.2) is 108 Å². The van der Waals surface area contributed by atoms with E-state index in [1.54, 1.807) is 36.4 Å². The summed E-state index contributed by atoms with van der Waals surface area (Å²) < 4.78 is 43.7. The Morgan fingerprint density at radius 3 is 2.06 bits per heavy atom. The van der Waals surface area contributed by atoms with Crippen molar-refractivity contribution in [2.75, 3.05) is 10.8 Å². The Bertz CT molecular complexity index is 1790. The van der Waals surface area contributed by atoms with Crippen LogP contribution in [0.25, 0.3) is 0 Å². The quantitative estimate of drug-likeness (QED) is 0.158. The summed E-state index contributed by atoms with van der Waals surface area (Å²) in [5.41, 5.74) is 3.75. The highest BCUT2D eigenvalue weighted by Gasteiger charge is 2.35. The fourth-order valence-corrected chi connectivity index (χ4v) is 7.69. The standard InChI is InChI=1S/C40H46FN3O4S/c1-29(2)33-18-22-36(23-19-33)44(49(47,48)37-24-14-30(3)15-25-37)28-39(45)43(27-32-16-20-34(41)21-17-32)38(26-31-10-6-4-7-11-31)40(46)42-35-12-8-5-9-13-35/h4,6-7,10-11,14-25,29,35,38H,5,8-9,12-13,26-28H2,1-3H3,(H,42,46)/t38-/m1/s1. The number of hydrogen-bond acceptors (Lipinski definition) is 4. The molecule has 1 aliphatic carbocycles. The van der Waals surface area contributed by atoms with Crippen LogP contribution in [0.4, 0.5) is 10.1 Å². The van der Waals surface area contributed by atoms with Crippen molar-refractivity contribution in [2.45, 2.75) is 88.7 Å². The summed E-state index contributed by atoms with van der Waals surface area (Å²) in [7, 11) is -4.20. The third-order valence-electron chi connectivity index (χ3n) is 9.22. The Morgan fingerprint density at radius 2 is 1.45 bits per heavy atom. The Labute approximate surface area is 290 Å². The topological polar surface area (TPSA) is 86.8 Å². The largest absolute Gasteiger partial charge is 0.352 e. The minimum Gasteiger partial charge on any atom is -0.352 e. The minimum atomic E-state index is -4.20. The summed E-state index contributed by atoms with van der Waals surface area (Å²) in [6, 6.07) is 28.0. The van der Waals surface area contributed by atoms with E-state index in [0.717, 1.165) is 53.1 Å². The van der Waals surface area contributed by atoms with Gasteiger partial charge in [0.05, 0.1) is 10.6 Å². The third-order valence-corrected chi connectivity index (χ3v) is 11.0. The van der Waals surface area contributed by atoms with Crippen molar-refractivity contribution in [1.29, 1.82) is 0 Å². The van der Waals surface area contributed by atoms with Crippen LogP contribution >= 0.6 is 0 Å². The van der Waals surface area contributed by atoms with Gasteiger partial charge in [0.2, 0.25) is 11.8 Å². The highest BCUT2D eigenvalue weighted by molar-refractivity contribution is 7.92. The molecule has 0 saturated heterocycles. The molecule has 0 bridgehead atoms. The molecule has 5 rings (SSSR count). The normalized spacial score (nSPS) is 14.3. The van der Waals surface area contributed by atoms with E-state index < -0.39 is 34.3 Å². The first kappa shape index (κ1) is 35.8. The summed E-state index contributed by atoms with van der Waals surface area (Å²) >= 11 is 0. The van der Waals surface area contributed by atoms with Gasteiger partial charge in [0.1, 0.15) is 18.4 Å². The lowest BCUT2D eigenvalue weighted by Crippen LogP contribution is -2.55. The molecule has 1 atom stereocenters. The van der Waals surface area contributed by atoms with E-state index in [1.807, 2.05) is 49.4 Å². The van der Waals surface area contributed by atoms with E-state index >= 15 is 0 Å². The predicted molar refractivity (Wildman–Crippen MR) is 192 cm³/mol. The summed E-state index contributed by atoms with van der Waals surface area (Å²) in [6.45, 7) is 5.43. The van der Waals surface area contributed by atoms with E-state index in [0.29, 0.717) is 11.3 Å². The number of aryl methyl sites for hydroxylation is 1. The van der Waals surface area contributed by atoms with Gasteiger partial charge in [-0.15, -0.1) is 0 Å². The second-order valence-electron chi connectivity index (χ2n) is 13.3. The molecule has 0 radical (unpaired) electrons. The molecule has 0 unspecified atom stereocenters. The van der Waals surface area contributed by atoms with Crippen molar-refractivity contribution in [1.82, 2.24) is 10.2 Å². The Morgan fingerprint density at radius 1 is 0.816 bits per heavy atom. The van der Waals surface area contributed by atoms with Gasteiger partial charge in [0, 0.05) is 19.0 Å². The van der Waals surface area contributed by atoms with Crippen LogP contribution in [0.1, 0.15) is 74.1 Å². The van der Waals surface area contributed by atoms with Gasteiger partial charge in [-0.2, -0.15) is 0 Å². The number of nitrogens with one attached hydrogen (secondary N) is 1. The SMILES string of the molecule is Cc1ccc(S(=O)(=O)N(CC(=O)N(Cc2ccc(F)cc2)[C@H](Cc2ccccc2)C(=O)NC2CCCCC2)c2ccc(C(C)C)cc2)cc1. The van der Waals surface area contributed by atoms with E-state index in [4.69, 9.17) is 0 Å². The van der Waals surface area contributed by atoms with E-state index in [1.165, 1.54) is 29.2 Å². The molecule has 4 aromatic rings. The van der Waals surface area contributed by atoms with Crippen molar-refractivity contribution < 1.29 is 22.4 Å². The van der Waals surface area contributed by atoms with Crippen molar-refractivity contribution >= 4 is 27.5 Å². The number of carbonyl (C=O) groups is 2. The van der Waals surface area contributed by atoms with E-state index in [2.05, 4.69) is 19.2 Å². The number of sulfonamides is 1. The Hall–Kier alpha value is -4.50. The maximum Gasteiger partial charge on any atom is 0.264 e. The van der Waals surface area contributed by atoms with E-state index in [-0.39, 0.29) is 35.7 Å². The van der Waals surface area contributed by atoms with Crippen molar-refractivity contribution in [2.24, 2.45) is 0 Å². The zero-order chi connectivity index (χ0) is 35.0. The summed E-state index contributed by atoms with van der Waals surface area (Å²) in [4.78, 5) is 30.4. The second kappa shape index (κ2) is 16.3. The Balaban J connectivity index is 1.56. The van der Waals surface area contributed by atoms with Gasteiger partial charge >= 0.3 is 0 Å². The summed E-state index contributed by atoms with van der Waals surface area (Å²) in [5, 5.41) is 3.21. The lowest BCUT2D eigenvalue weighted by molar-refractivity contribution is -0.140. The number of benzene rings is 4.